The molecule has 2 amide bonds. The third-order valence-corrected chi connectivity index (χ3v) is 6.58. The van der Waals surface area contributed by atoms with Crippen molar-refractivity contribution in [1.82, 2.24) is 4.31 Å². The van der Waals surface area contributed by atoms with Gasteiger partial charge in [0, 0.05) is 38.3 Å². The number of hydrogen-bond acceptors (Lipinski definition) is 7. The van der Waals surface area contributed by atoms with E-state index in [1.165, 1.54) is 48.5 Å². The molecule has 2 aromatic carbocycles. The van der Waals surface area contributed by atoms with Gasteiger partial charge in [-0.3, -0.25) is 9.59 Å². The van der Waals surface area contributed by atoms with Crippen molar-refractivity contribution in [2.75, 3.05) is 36.9 Å². The molecule has 0 saturated carbocycles. The summed E-state index contributed by atoms with van der Waals surface area (Å²) in [5.41, 5.74) is 1.25. The van der Waals surface area contributed by atoms with E-state index in [1.54, 1.807) is 12.1 Å². The number of hydrogen-bond donors (Lipinski definition) is 2. The van der Waals surface area contributed by atoms with E-state index in [2.05, 4.69) is 10.6 Å². The number of nitrogens with zero attached hydrogens (tertiary/aromatic N) is 1. The minimum absolute atomic E-state index is 0.110. The van der Waals surface area contributed by atoms with E-state index < -0.39 is 16.0 Å². The van der Waals surface area contributed by atoms with Gasteiger partial charge in [-0.1, -0.05) is 12.1 Å². The lowest BCUT2D eigenvalue weighted by atomic mass is 10.1. The second kappa shape index (κ2) is 10.6. The Balaban J connectivity index is 1.75. The number of carbonyl (C=O) groups is 3. The molecule has 1 aliphatic rings. The average molecular weight is 476 g/mol. The second-order valence-electron chi connectivity index (χ2n) is 7.40. The molecule has 3 rings (SSSR count). The number of esters is 1. The van der Waals surface area contributed by atoms with Gasteiger partial charge in [0.2, 0.25) is 21.8 Å². The van der Waals surface area contributed by atoms with Crippen molar-refractivity contribution >= 4 is 39.2 Å². The molecule has 1 saturated heterocycles. The summed E-state index contributed by atoms with van der Waals surface area (Å²) in [6.45, 7) is 3.72. The predicted molar refractivity (Wildman–Crippen MR) is 120 cm³/mol. The Morgan fingerprint density at radius 2 is 1.58 bits per heavy atom. The molecule has 1 aliphatic heterocycles. The summed E-state index contributed by atoms with van der Waals surface area (Å²) in [6, 6.07) is 10.6. The van der Waals surface area contributed by atoms with Gasteiger partial charge in [0.25, 0.3) is 0 Å². The summed E-state index contributed by atoms with van der Waals surface area (Å²) in [5.74, 6) is -1.38. The Hall–Kier alpha value is -3.28. The fraction of sp³-hybridized carbons (Fsp3) is 0.318. The largest absolute Gasteiger partial charge is 0.457 e. The van der Waals surface area contributed by atoms with Crippen LogP contribution in [0, 0.1) is 0 Å². The highest BCUT2D eigenvalue weighted by Gasteiger charge is 2.26. The summed E-state index contributed by atoms with van der Waals surface area (Å²) < 4.78 is 37.6. The van der Waals surface area contributed by atoms with Crippen LogP contribution >= 0.6 is 0 Å². The quantitative estimate of drug-likeness (QED) is 0.586. The van der Waals surface area contributed by atoms with Gasteiger partial charge in [0.1, 0.15) is 6.61 Å². The first kappa shape index (κ1) is 24.4. The van der Waals surface area contributed by atoms with Crippen LogP contribution in [0.2, 0.25) is 0 Å². The molecule has 33 heavy (non-hydrogen) atoms. The highest BCUT2D eigenvalue weighted by molar-refractivity contribution is 7.89. The van der Waals surface area contributed by atoms with Crippen LogP contribution in [0.1, 0.15) is 29.8 Å². The van der Waals surface area contributed by atoms with Crippen LogP contribution in [0.5, 0.6) is 0 Å². The molecule has 1 heterocycles. The first-order valence-corrected chi connectivity index (χ1v) is 11.6. The third kappa shape index (κ3) is 6.60. The number of rotatable bonds is 7. The lowest BCUT2D eigenvalue weighted by Crippen LogP contribution is -2.40. The van der Waals surface area contributed by atoms with Gasteiger partial charge in [-0.2, -0.15) is 4.31 Å². The van der Waals surface area contributed by atoms with Crippen molar-refractivity contribution in [2.45, 2.75) is 25.3 Å². The van der Waals surface area contributed by atoms with Crippen molar-refractivity contribution in [2.24, 2.45) is 0 Å². The van der Waals surface area contributed by atoms with Crippen LogP contribution in [0.15, 0.2) is 47.4 Å². The molecule has 0 aromatic heterocycles. The summed E-state index contributed by atoms with van der Waals surface area (Å²) >= 11 is 0. The maximum atomic E-state index is 12.8. The van der Waals surface area contributed by atoms with Crippen molar-refractivity contribution in [1.29, 1.82) is 0 Å². The topological polar surface area (TPSA) is 131 Å². The van der Waals surface area contributed by atoms with E-state index in [4.69, 9.17) is 9.47 Å². The van der Waals surface area contributed by atoms with Gasteiger partial charge in [-0.25, -0.2) is 13.2 Å². The maximum Gasteiger partial charge on any atom is 0.338 e. The highest BCUT2D eigenvalue weighted by Crippen LogP contribution is 2.22. The molecule has 0 bridgehead atoms. The fourth-order valence-electron chi connectivity index (χ4n) is 3.26. The molecule has 2 aromatic rings. The van der Waals surface area contributed by atoms with Crippen LogP contribution in [0.4, 0.5) is 11.4 Å². The molecule has 0 radical (unpaired) electrons. The summed E-state index contributed by atoms with van der Waals surface area (Å²) in [5, 5.41) is 5.13. The first-order valence-electron chi connectivity index (χ1n) is 10.2. The first-order chi connectivity index (χ1) is 15.6. The van der Waals surface area contributed by atoms with Gasteiger partial charge in [-0.15, -0.1) is 0 Å². The molecule has 1 fully saturated rings. The molecule has 0 unspecified atom stereocenters. The van der Waals surface area contributed by atoms with Crippen molar-refractivity contribution in [3.8, 4) is 0 Å². The Bertz CT molecular complexity index is 1120. The third-order valence-electron chi connectivity index (χ3n) is 4.69. The molecular weight excluding hydrogens is 450 g/mol. The van der Waals surface area contributed by atoms with Crippen molar-refractivity contribution < 1.29 is 32.3 Å². The van der Waals surface area contributed by atoms with E-state index in [0.717, 1.165) is 0 Å². The minimum Gasteiger partial charge on any atom is -0.457 e. The van der Waals surface area contributed by atoms with E-state index in [0.29, 0.717) is 30.2 Å². The van der Waals surface area contributed by atoms with Crippen LogP contribution in [-0.2, 0) is 35.7 Å². The van der Waals surface area contributed by atoms with E-state index in [1.807, 2.05) is 0 Å². The van der Waals surface area contributed by atoms with E-state index in [9.17, 15) is 22.8 Å². The number of amides is 2. The minimum atomic E-state index is -3.68. The van der Waals surface area contributed by atoms with Crippen molar-refractivity contribution in [3.63, 3.8) is 0 Å². The average Bonchev–Trinajstić information content (AvgIpc) is 2.77. The van der Waals surface area contributed by atoms with Crippen LogP contribution < -0.4 is 10.6 Å². The molecular formula is C22H25N3O7S. The molecule has 11 heteroatoms. The zero-order valence-corrected chi connectivity index (χ0v) is 19.1. The number of anilines is 2. The van der Waals surface area contributed by atoms with Crippen LogP contribution in [-0.4, -0.2) is 56.8 Å². The van der Waals surface area contributed by atoms with E-state index >= 15 is 0 Å². The highest BCUT2D eigenvalue weighted by atomic mass is 32.2. The summed E-state index contributed by atoms with van der Waals surface area (Å²) in [4.78, 5) is 35.5. The molecule has 0 atom stereocenters. The Morgan fingerprint density at radius 3 is 2.15 bits per heavy atom. The standard InChI is InChI=1S/C22H25N3O7S/c1-15(26)23-19-11-18(12-20(13-19)24-16(2)27)22(28)32-14-17-4-3-5-21(10-17)33(29,30)25-6-8-31-9-7-25/h3-5,10-13H,6-9,14H2,1-2H3,(H,23,26)(H,24,27). The Kier molecular flexibility index (Phi) is 7.79. The maximum absolute atomic E-state index is 12.8. The van der Waals surface area contributed by atoms with Crippen LogP contribution in [0.25, 0.3) is 0 Å². The lowest BCUT2D eigenvalue weighted by molar-refractivity contribution is -0.115. The number of sulfonamides is 1. The monoisotopic (exact) mass is 475 g/mol. The SMILES string of the molecule is CC(=O)Nc1cc(NC(C)=O)cc(C(=O)OCc2cccc(S(=O)(=O)N3CCOCC3)c2)c1. The predicted octanol–water partition coefficient (Wildman–Crippen LogP) is 1.98. The molecule has 2 N–H and O–H groups in total. The van der Waals surface area contributed by atoms with Crippen LogP contribution in [0.3, 0.4) is 0 Å². The van der Waals surface area contributed by atoms with Crippen molar-refractivity contribution in [3.05, 3.63) is 53.6 Å². The normalized spacial score (nSPS) is 14.4. The van der Waals surface area contributed by atoms with Gasteiger partial charge >= 0.3 is 5.97 Å². The Labute approximate surface area is 191 Å². The summed E-state index contributed by atoms with van der Waals surface area (Å²) in [7, 11) is -3.68. The number of ether oxygens (including phenoxy) is 2. The van der Waals surface area contributed by atoms with Gasteiger partial charge in [0.05, 0.1) is 23.7 Å². The molecule has 0 spiro atoms. The molecule has 0 aliphatic carbocycles. The molecule has 176 valence electrons. The van der Waals surface area contributed by atoms with E-state index in [-0.39, 0.29) is 42.0 Å². The number of morpholine rings is 1. The lowest BCUT2D eigenvalue weighted by Gasteiger charge is -2.26. The second-order valence-corrected chi connectivity index (χ2v) is 9.34. The zero-order chi connectivity index (χ0) is 24.0. The Morgan fingerprint density at radius 1 is 0.970 bits per heavy atom. The molecule has 10 nitrogen and oxygen atoms in total. The van der Waals surface area contributed by atoms with Gasteiger partial charge in [-0.05, 0) is 35.9 Å². The number of nitrogens with one attached hydrogen (secondary N) is 2. The smallest absolute Gasteiger partial charge is 0.338 e. The van der Waals surface area contributed by atoms with Gasteiger partial charge < -0.3 is 20.1 Å². The number of carbonyl (C=O) groups excluding carboxylic acids is 3. The van der Waals surface area contributed by atoms with Gasteiger partial charge in [0.15, 0.2) is 0 Å². The number of benzene rings is 2. The zero-order valence-electron chi connectivity index (χ0n) is 18.3. The fourth-order valence-corrected chi connectivity index (χ4v) is 4.74. The summed E-state index contributed by atoms with van der Waals surface area (Å²) in [6.07, 6.45) is 0.